The van der Waals surface area contributed by atoms with Gasteiger partial charge in [-0.1, -0.05) is 40.8 Å². The molecule has 6 nitrogen and oxygen atoms in total. The summed E-state index contributed by atoms with van der Waals surface area (Å²) >= 11 is 2.34. The van der Waals surface area contributed by atoms with Crippen molar-refractivity contribution < 1.29 is 5.11 Å². The number of rotatable bonds is 5. The van der Waals surface area contributed by atoms with Crippen LogP contribution in [0, 0.1) is 0 Å². The fourth-order valence-electron chi connectivity index (χ4n) is 2.90. The van der Waals surface area contributed by atoms with Gasteiger partial charge in [0.2, 0.25) is 5.95 Å². The average molecular weight is 439 g/mol. The Kier molecular flexibility index (Phi) is 4.56. The van der Waals surface area contributed by atoms with Gasteiger partial charge < -0.3 is 20.3 Å². The number of hydrogen-bond acceptors (Lipinski definition) is 5. The molecule has 0 aliphatic rings. The van der Waals surface area contributed by atoms with Crippen LogP contribution in [0.5, 0.6) is 0 Å². The van der Waals surface area contributed by atoms with E-state index in [0.29, 0.717) is 17.9 Å². The van der Waals surface area contributed by atoms with Crippen LogP contribution < -0.4 is 10.6 Å². The van der Waals surface area contributed by atoms with Gasteiger partial charge in [-0.3, -0.25) is 0 Å². The molecule has 24 heavy (non-hydrogen) atoms. The smallest absolute Gasteiger partial charge is 0.206 e. The number of alkyl halides is 1. The van der Waals surface area contributed by atoms with Gasteiger partial charge in [0, 0.05) is 23.4 Å². The Hall–Kier alpha value is -1.61. The molecule has 3 rings (SSSR count). The van der Waals surface area contributed by atoms with Crippen LogP contribution >= 0.6 is 22.6 Å². The van der Waals surface area contributed by atoms with Crippen molar-refractivity contribution in [3.63, 3.8) is 0 Å². The van der Waals surface area contributed by atoms with E-state index in [0.717, 1.165) is 33.3 Å². The number of halogens is 1. The zero-order chi connectivity index (χ0) is 17.5. The third-order valence-corrected chi connectivity index (χ3v) is 4.38. The highest BCUT2D eigenvalue weighted by molar-refractivity contribution is 14.1. The molecule has 128 valence electrons. The Morgan fingerprint density at radius 2 is 2.00 bits per heavy atom. The first-order valence-electron chi connectivity index (χ1n) is 7.86. The number of benzene rings is 1. The van der Waals surface area contributed by atoms with Crippen molar-refractivity contribution in [3.8, 4) is 0 Å². The summed E-state index contributed by atoms with van der Waals surface area (Å²) in [6.07, 6.45) is 0. The summed E-state index contributed by atoms with van der Waals surface area (Å²) < 4.78 is 3.04. The van der Waals surface area contributed by atoms with Crippen LogP contribution in [0.3, 0.4) is 0 Å². The van der Waals surface area contributed by atoms with Gasteiger partial charge in [0.05, 0.1) is 23.2 Å². The van der Waals surface area contributed by atoms with Crippen LogP contribution in [-0.4, -0.2) is 43.3 Å². The lowest BCUT2D eigenvalue weighted by molar-refractivity contribution is 0.0631. The van der Waals surface area contributed by atoms with E-state index >= 15 is 0 Å². The van der Waals surface area contributed by atoms with E-state index < -0.39 is 5.60 Å². The minimum absolute atomic E-state index is 0.419. The monoisotopic (exact) mass is 439 g/mol. The highest BCUT2D eigenvalue weighted by Gasteiger charge is 2.23. The van der Waals surface area contributed by atoms with E-state index in [2.05, 4.69) is 37.0 Å². The maximum Gasteiger partial charge on any atom is 0.206 e. The van der Waals surface area contributed by atoms with Crippen molar-refractivity contribution >= 4 is 56.3 Å². The molecule has 0 saturated heterocycles. The molecule has 0 saturated carbocycles. The normalized spacial score (nSPS) is 12.2. The molecule has 0 unspecified atom stereocenters. The van der Waals surface area contributed by atoms with Crippen LogP contribution in [0.1, 0.15) is 13.8 Å². The second kappa shape index (κ2) is 6.36. The summed E-state index contributed by atoms with van der Waals surface area (Å²) in [5.41, 5.74) is 7.75. The molecule has 0 bridgehead atoms. The summed E-state index contributed by atoms with van der Waals surface area (Å²) in [6, 6.07) is 7.89. The topological polar surface area (TPSA) is 80.2 Å². The fraction of sp³-hybridized carbons (Fsp3) is 0.412. The standard InChI is InChI=1S/C17H22IN5O/c1-17(2,24)10-23-14-11-6-4-5-7-12(11)20-15(19)13(14)21-16(23)22(3)9-8-18/h4-7,24H,8-10H2,1-3H3,(H2,19,20). The number of imidazole rings is 1. The number of hydrogen-bond donors (Lipinski definition) is 2. The highest BCUT2D eigenvalue weighted by Crippen LogP contribution is 2.32. The molecule has 0 spiro atoms. The largest absolute Gasteiger partial charge is 0.389 e. The molecule has 7 heteroatoms. The second-order valence-electron chi connectivity index (χ2n) is 6.63. The number of pyridine rings is 1. The summed E-state index contributed by atoms with van der Waals surface area (Å²) in [5.74, 6) is 1.22. The summed E-state index contributed by atoms with van der Waals surface area (Å²) in [6.45, 7) is 4.89. The van der Waals surface area contributed by atoms with Crippen LogP contribution in [-0.2, 0) is 6.54 Å². The van der Waals surface area contributed by atoms with Gasteiger partial charge in [-0.25, -0.2) is 9.97 Å². The number of aromatic nitrogens is 3. The van der Waals surface area contributed by atoms with Gasteiger partial charge in [-0.15, -0.1) is 0 Å². The molecule has 0 radical (unpaired) electrons. The zero-order valence-corrected chi connectivity index (χ0v) is 16.3. The average Bonchev–Trinajstić information content (AvgIpc) is 2.86. The van der Waals surface area contributed by atoms with Gasteiger partial charge in [-0.2, -0.15) is 0 Å². The lowest BCUT2D eigenvalue weighted by Crippen LogP contribution is -2.30. The number of nitrogens with two attached hydrogens (primary N) is 1. The Bertz CT molecular complexity index is 884. The van der Waals surface area contributed by atoms with Crippen molar-refractivity contribution in [2.45, 2.75) is 26.0 Å². The maximum absolute atomic E-state index is 10.4. The van der Waals surface area contributed by atoms with E-state index in [-0.39, 0.29) is 0 Å². The lowest BCUT2D eigenvalue weighted by atomic mass is 10.1. The molecule has 0 aliphatic carbocycles. The van der Waals surface area contributed by atoms with Gasteiger partial charge in [0.15, 0.2) is 5.82 Å². The number of nitrogen functional groups attached to an aromatic ring is 1. The Labute approximate surface area is 154 Å². The van der Waals surface area contributed by atoms with Crippen LogP contribution in [0.2, 0.25) is 0 Å². The minimum Gasteiger partial charge on any atom is -0.389 e. The molecule has 0 amide bonds. The van der Waals surface area contributed by atoms with Crippen molar-refractivity contribution in [2.24, 2.45) is 0 Å². The number of fused-ring (bicyclic) bond motifs is 3. The van der Waals surface area contributed by atoms with Gasteiger partial charge >= 0.3 is 0 Å². The first-order valence-corrected chi connectivity index (χ1v) is 9.38. The fourth-order valence-corrected chi connectivity index (χ4v) is 3.63. The molecule has 2 heterocycles. The number of aliphatic hydroxyl groups is 1. The first kappa shape index (κ1) is 17.2. The predicted molar refractivity (Wildman–Crippen MR) is 108 cm³/mol. The van der Waals surface area contributed by atoms with Crippen molar-refractivity contribution in [3.05, 3.63) is 24.3 Å². The Morgan fingerprint density at radius 1 is 1.29 bits per heavy atom. The molecule has 0 fully saturated rings. The van der Waals surface area contributed by atoms with E-state index in [1.54, 1.807) is 13.8 Å². The minimum atomic E-state index is -0.868. The van der Waals surface area contributed by atoms with Crippen molar-refractivity contribution in [2.75, 3.05) is 28.7 Å². The summed E-state index contributed by atoms with van der Waals surface area (Å²) in [4.78, 5) is 11.3. The summed E-state index contributed by atoms with van der Waals surface area (Å²) in [7, 11) is 2.01. The molecule has 3 aromatic rings. The lowest BCUT2D eigenvalue weighted by Gasteiger charge is -2.24. The van der Waals surface area contributed by atoms with Crippen molar-refractivity contribution in [1.29, 1.82) is 0 Å². The summed E-state index contributed by atoms with van der Waals surface area (Å²) in [5, 5.41) is 11.4. The third-order valence-electron chi connectivity index (χ3n) is 3.90. The van der Waals surface area contributed by atoms with Crippen LogP contribution in [0.4, 0.5) is 11.8 Å². The molecule has 0 aliphatic heterocycles. The van der Waals surface area contributed by atoms with Gasteiger partial charge in [0.1, 0.15) is 5.52 Å². The van der Waals surface area contributed by atoms with E-state index in [4.69, 9.17) is 10.7 Å². The Morgan fingerprint density at radius 3 is 2.67 bits per heavy atom. The highest BCUT2D eigenvalue weighted by atomic mass is 127. The molecule has 1 aromatic carbocycles. The molecule has 2 aromatic heterocycles. The SMILES string of the molecule is CN(CCI)c1nc2c(N)nc3ccccc3c2n1CC(C)(C)O. The first-order chi connectivity index (χ1) is 11.3. The maximum atomic E-state index is 10.4. The van der Waals surface area contributed by atoms with Crippen LogP contribution in [0.15, 0.2) is 24.3 Å². The van der Waals surface area contributed by atoms with E-state index in [9.17, 15) is 5.11 Å². The second-order valence-corrected chi connectivity index (χ2v) is 7.71. The Balaban J connectivity index is 2.37. The molecule has 3 N–H and O–H groups in total. The van der Waals surface area contributed by atoms with Gasteiger partial charge in [0.25, 0.3) is 0 Å². The molecular formula is C17H22IN5O. The molecule has 0 atom stereocenters. The number of para-hydroxylation sites is 1. The van der Waals surface area contributed by atoms with Crippen molar-refractivity contribution in [1.82, 2.24) is 14.5 Å². The van der Waals surface area contributed by atoms with E-state index in [1.165, 1.54) is 0 Å². The van der Waals surface area contributed by atoms with Crippen LogP contribution in [0.25, 0.3) is 21.9 Å². The molecular weight excluding hydrogens is 417 g/mol. The van der Waals surface area contributed by atoms with Gasteiger partial charge in [-0.05, 0) is 19.9 Å². The number of nitrogens with zero attached hydrogens (tertiary/aromatic N) is 4. The number of anilines is 2. The zero-order valence-electron chi connectivity index (χ0n) is 14.1. The predicted octanol–water partition coefficient (Wildman–Crippen LogP) is 2.81. The third kappa shape index (κ3) is 3.14. The quantitative estimate of drug-likeness (QED) is 0.472. The van der Waals surface area contributed by atoms with E-state index in [1.807, 2.05) is 31.3 Å².